The van der Waals surface area contributed by atoms with Crippen LogP contribution in [0.3, 0.4) is 0 Å². The summed E-state index contributed by atoms with van der Waals surface area (Å²) in [7, 11) is 0. The first-order valence-electron chi connectivity index (χ1n) is 30.0. The van der Waals surface area contributed by atoms with E-state index >= 15 is 4.39 Å². The van der Waals surface area contributed by atoms with Crippen molar-refractivity contribution in [2.75, 3.05) is 52.7 Å². The molecule has 8 atom stereocenters. The van der Waals surface area contributed by atoms with E-state index in [1.165, 1.54) is 16.7 Å². The number of rotatable bonds is 28. The minimum atomic E-state index is -2.09. The van der Waals surface area contributed by atoms with Crippen molar-refractivity contribution in [3.05, 3.63) is 110 Å². The van der Waals surface area contributed by atoms with E-state index in [0.717, 1.165) is 12.2 Å². The largest absolute Gasteiger partial charge is 0.458 e. The summed E-state index contributed by atoms with van der Waals surface area (Å²) in [6.45, 7) is -1.90. The van der Waals surface area contributed by atoms with Crippen LogP contribution in [0.25, 0.3) is 22.3 Å². The van der Waals surface area contributed by atoms with Crippen LogP contribution in [0.2, 0.25) is 0 Å². The van der Waals surface area contributed by atoms with E-state index in [0.29, 0.717) is 62.3 Å². The fraction of sp³-hybridized carbons (Fsp3) is 0.443. The summed E-state index contributed by atoms with van der Waals surface area (Å²) in [6, 6.07) is 7.75. The van der Waals surface area contributed by atoms with Gasteiger partial charge < -0.3 is 87.1 Å². The SMILES string of the molecule is CC[C@@]1(O)C(=O)OCc2c1cc1n(c2=O)Cc2c-1nc1cc(F)c(C)c3c1c2[C@@H](NC(=O)COCNC(=O)CNC(=O)[C@H](Cc1ccccc1)NC(=O)CNC(=O)CNC(=O)C(CCC(=O)NC1O[C@H](CO)[C@@H](O)[C@H]1O)NC(=O)CCNC(=O)CN1C(=O)C=CC1=O)CC3. The maximum absolute atomic E-state index is 15.4. The Bertz CT molecular complexity index is 3810. The van der Waals surface area contributed by atoms with Crippen LogP contribution in [0, 0.1) is 12.7 Å². The van der Waals surface area contributed by atoms with Gasteiger partial charge in [-0.2, -0.15) is 0 Å². The van der Waals surface area contributed by atoms with Crippen molar-refractivity contribution in [1.29, 1.82) is 0 Å². The fourth-order valence-corrected chi connectivity index (χ4v) is 11.6. The number of hydrogen-bond acceptors (Lipinski definition) is 21. The fourth-order valence-electron chi connectivity index (χ4n) is 11.6. The molecule has 1 aliphatic carbocycles. The number of carbonyl (C=O) groups excluding carboxylic acids is 12. The number of nitrogens with zero attached hydrogens (tertiary/aromatic N) is 3. The first kappa shape index (κ1) is 68.4. The second-order valence-electron chi connectivity index (χ2n) is 22.8. The Kier molecular flexibility index (Phi) is 21.7. The number of hydrogen-bond donors (Lipinski definition) is 13. The number of amides is 11. The summed E-state index contributed by atoms with van der Waals surface area (Å²) in [5.41, 5.74) is 1.38. The lowest BCUT2D eigenvalue weighted by Crippen LogP contribution is -2.53. The molecule has 5 aliphatic rings. The highest BCUT2D eigenvalue weighted by Gasteiger charge is 2.47. The van der Waals surface area contributed by atoms with Crippen molar-refractivity contribution < 1.29 is 96.6 Å². The molecule has 0 spiro atoms. The Balaban J connectivity index is 0.744. The minimum absolute atomic E-state index is 0.0133. The number of aliphatic hydroxyl groups excluding tert-OH is 3. The maximum atomic E-state index is 15.4. The van der Waals surface area contributed by atoms with Crippen LogP contribution < -0.4 is 53.4 Å². The average molecular weight is 1310 g/mol. The molecule has 2 unspecified atom stereocenters. The Morgan fingerprint density at radius 1 is 0.777 bits per heavy atom. The van der Waals surface area contributed by atoms with Gasteiger partial charge in [-0.1, -0.05) is 37.3 Å². The monoisotopic (exact) mass is 1310 g/mol. The first-order valence-corrected chi connectivity index (χ1v) is 30.0. The number of aromatic nitrogens is 2. The Hall–Kier alpha value is -9.93. The second kappa shape index (κ2) is 29.8. The molecular formula is C61H69FN12O20. The summed E-state index contributed by atoms with van der Waals surface area (Å²) in [5.74, 6) is -10.2. The van der Waals surface area contributed by atoms with E-state index in [2.05, 4.69) is 47.9 Å². The molecule has 4 aromatic rings. The van der Waals surface area contributed by atoms with Crippen molar-refractivity contribution in [3.8, 4) is 11.4 Å². The molecule has 0 saturated carbocycles. The number of aryl methyl sites for hydroxylation is 1. The van der Waals surface area contributed by atoms with Crippen LogP contribution in [0.1, 0.15) is 84.0 Å². The molecule has 6 heterocycles. The number of aliphatic hydroxyl groups is 4. The number of carbonyl (C=O) groups is 12. The molecule has 32 nitrogen and oxygen atoms in total. The summed E-state index contributed by atoms with van der Waals surface area (Å²) in [4.78, 5) is 174. The summed E-state index contributed by atoms with van der Waals surface area (Å²) < 4.78 is 32.8. The Morgan fingerprint density at radius 2 is 1.46 bits per heavy atom. The molecule has 94 heavy (non-hydrogen) atoms. The molecule has 500 valence electrons. The molecule has 4 aliphatic heterocycles. The van der Waals surface area contributed by atoms with Crippen LogP contribution in [0.5, 0.6) is 0 Å². The van der Waals surface area contributed by atoms with Crippen molar-refractivity contribution in [2.45, 2.75) is 120 Å². The predicted molar refractivity (Wildman–Crippen MR) is 319 cm³/mol. The molecule has 1 fully saturated rings. The zero-order chi connectivity index (χ0) is 67.7. The number of imide groups is 1. The zero-order valence-corrected chi connectivity index (χ0v) is 50.8. The third-order valence-electron chi connectivity index (χ3n) is 16.6. The van der Waals surface area contributed by atoms with E-state index in [-0.39, 0.29) is 49.2 Å². The van der Waals surface area contributed by atoms with Gasteiger partial charge in [0.2, 0.25) is 53.2 Å². The molecule has 33 heteroatoms. The molecular weight excluding hydrogens is 1240 g/mol. The zero-order valence-electron chi connectivity index (χ0n) is 50.8. The quantitative estimate of drug-likeness (QED) is 0.00966. The van der Waals surface area contributed by atoms with Crippen molar-refractivity contribution in [3.63, 3.8) is 0 Å². The van der Waals surface area contributed by atoms with Gasteiger partial charge in [-0.25, -0.2) is 14.2 Å². The van der Waals surface area contributed by atoms with E-state index in [9.17, 15) is 82.8 Å². The lowest BCUT2D eigenvalue weighted by Gasteiger charge is -2.31. The first-order chi connectivity index (χ1) is 44.9. The van der Waals surface area contributed by atoms with Crippen LogP contribution in [0.4, 0.5) is 4.39 Å². The lowest BCUT2D eigenvalue weighted by molar-refractivity contribution is -0.172. The number of benzene rings is 2. The van der Waals surface area contributed by atoms with Gasteiger partial charge >= 0.3 is 5.97 Å². The van der Waals surface area contributed by atoms with E-state index in [4.69, 9.17) is 19.2 Å². The molecule has 13 N–H and O–H groups in total. The third kappa shape index (κ3) is 15.4. The van der Waals surface area contributed by atoms with E-state index in [1.807, 2.05) is 0 Å². The smallest absolute Gasteiger partial charge is 0.343 e. The highest BCUT2D eigenvalue weighted by atomic mass is 19.1. The normalized spacial score (nSPS) is 20.4. The standard InChI is InChI=1S/C61H69FN12O20/c1-3-61(91)34-18-40-53-32(23-73(40)59(89)33(34)26-93-60(61)90)52-36(10-9-31-29(2)35(62)19-38(71-53)51(31)52)68-48(82)27-92-28-67-45(79)21-66-57(88)39(17-30-7-5-4-6-8-30)70-46(80)22-64-44(78)20-65-56(87)37(11-12-42(76)72-58-55(86)54(85)41(25-75)94-58)69-43(77)15-16-63-47(81)24-74-49(83)13-14-50(74)84/h4-8,13-14,18-19,36-37,39,41,54-55,58,75,85-86,91H,3,9-12,15-17,20-28H2,1-2H3,(H,63,81)(H,64,78)(H,65,87)(H,66,88)(H,67,79)(H,68,82)(H,69,77)(H,70,80)(H,72,76)/t36-,37?,39-,41+,54+,55+,58?,61-/m0/s1. The highest BCUT2D eigenvalue weighted by Crippen LogP contribution is 2.46. The van der Waals surface area contributed by atoms with Gasteiger partial charge in [-0.05, 0) is 60.9 Å². The summed E-state index contributed by atoms with van der Waals surface area (Å²) >= 11 is 0. The number of esters is 1. The minimum Gasteiger partial charge on any atom is -0.458 e. The highest BCUT2D eigenvalue weighted by molar-refractivity contribution is 6.14. The molecule has 1 saturated heterocycles. The van der Waals surface area contributed by atoms with Crippen LogP contribution in [0.15, 0.2) is 59.4 Å². The van der Waals surface area contributed by atoms with Crippen molar-refractivity contribution in [2.24, 2.45) is 0 Å². The molecule has 2 aromatic carbocycles. The van der Waals surface area contributed by atoms with Gasteiger partial charge in [0.05, 0.1) is 61.3 Å². The predicted octanol–water partition coefficient (Wildman–Crippen LogP) is -4.95. The number of nitrogens with one attached hydrogen (secondary N) is 9. The van der Waals surface area contributed by atoms with Crippen LogP contribution >= 0.6 is 0 Å². The molecule has 2 aromatic heterocycles. The average Bonchev–Trinajstić information content (AvgIpc) is 1.46. The molecule has 9 rings (SSSR count). The lowest BCUT2D eigenvalue weighted by atomic mass is 9.81. The van der Waals surface area contributed by atoms with Gasteiger partial charge in [0, 0.05) is 60.5 Å². The van der Waals surface area contributed by atoms with Gasteiger partial charge in [0.1, 0.15) is 62.7 Å². The van der Waals surface area contributed by atoms with E-state index in [1.54, 1.807) is 44.2 Å². The number of pyridine rings is 2. The summed E-state index contributed by atoms with van der Waals surface area (Å²) in [5, 5.41) is 63.6. The third-order valence-corrected chi connectivity index (χ3v) is 16.6. The van der Waals surface area contributed by atoms with Gasteiger partial charge in [-0.3, -0.25) is 62.4 Å². The second-order valence-corrected chi connectivity index (χ2v) is 22.8. The Labute approximate surface area is 533 Å². The number of fused-ring (bicyclic) bond motifs is 5. The topological polar surface area (TPSA) is 460 Å². The van der Waals surface area contributed by atoms with Gasteiger partial charge in [-0.15, -0.1) is 0 Å². The van der Waals surface area contributed by atoms with E-state index < -0.39 is 196 Å². The number of ether oxygens (including phenoxy) is 3. The maximum Gasteiger partial charge on any atom is 0.343 e. The van der Waals surface area contributed by atoms with Crippen LogP contribution in [-0.2, 0) is 103 Å². The molecule has 11 amide bonds. The number of halogens is 1. The van der Waals surface area contributed by atoms with Gasteiger partial charge in [0.15, 0.2) is 11.8 Å². The van der Waals surface area contributed by atoms with Crippen molar-refractivity contribution in [1.82, 2.24) is 62.3 Å². The Morgan fingerprint density at radius 3 is 2.15 bits per heavy atom. The molecule has 0 radical (unpaired) electrons. The number of cyclic esters (lactones) is 1. The van der Waals surface area contributed by atoms with Crippen molar-refractivity contribution >= 4 is 81.9 Å². The van der Waals surface area contributed by atoms with Crippen LogP contribution in [-0.4, -0.2) is 195 Å². The summed E-state index contributed by atoms with van der Waals surface area (Å²) in [6.07, 6.45) is -4.69. The molecule has 0 bridgehead atoms. The van der Waals surface area contributed by atoms with Gasteiger partial charge in [0.25, 0.3) is 17.4 Å².